The first-order valence-corrected chi connectivity index (χ1v) is 7.13. The van der Waals surface area contributed by atoms with Crippen LogP contribution in [0.1, 0.15) is 12.6 Å². The molecule has 102 valence electrons. The van der Waals surface area contributed by atoms with Crippen molar-refractivity contribution in [2.75, 3.05) is 12.9 Å². The van der Waals surface area contributed by atoms with Gasteiger partial charge in [-0.1, -0.05) is 11.8 Å². The average Bonchev–Trinajstić information content (AvgIpc) is 3.00. The second kappa shape index (κ2) is 5.04. The fourth-order valence-electron chi connectivity index (χ4n) is 2.17. The zero-order chi connectivity index (χ0) is 13.4. The summed E-state index contributed by atoms with van der Waals surface area (Å²) in [6.45, 7) is -0.199. The molecule has 8 heteroatoms. The first-order valence-electron chi connectivity index (χ1n) is 5.91. The molecule has 0 aromatic carbocycles. The van der Waals surface area contributed by atoms with Crippen LogP contribution in [0.25, 0.3) is 11.2 Å². The highest BCUT2D eigenvalue weighted by atomic mass is 32.2. The van der Waals surface area contributed by atoms with Crippen molar-refractivity contribution in [2.24, 2.45) is 0 Å². The molecule has 2 aromatic rings. The summed E-state index contributed by atoms with van der Waals surface area (Å²) in [5.41, 5.74) is 1.36. The molecule has 0 radical (unpaired) electrons. The van der Waals surface area contributed by atoms with Crippen molar-refractivity contribution >= 4 is 22.9 Å². The molecule has 0 bridgehead atoms. The van der Waals surface area contributed by atoms with Crippen LogP contribution < -0.4 is 0 Å². The summed E-state index contributed by atoms with van der Waals surface area (Å²) in [5, 5.41) is 19.5. The van der Waals surface area contributed by atoms with Gasteiger partial charge in [0.25, 0.3) is 0 Å². The van der Waals surface area contributed by atoms with E-state index in [2.05, 4.69) is 15.0 Å². The van der Waals surface area contributed by atoms with Crippen molar-refractivity contribution in [1.82, 2.24) is 19.5 Å². The molecule has 0 amide bonds. The van der Waals surface area contributed by atoms with Crippen molar-refractivity contribution in [1.29, 1.82) is 0 Å². The number of aliphatic hydroxyl groups excluding tert-OH is 2. The lowest BCUT2D eigenvalue weighted by Crippen LogP contribution is -2.24. The first kappa shape index (κ1) is 12.8. The maximum Gasteiger partial charge on any atom is 0.189 e. The van der Waals surface area contributed by atoms with Gasteiger partial charge in [-0.15, -0.1) is 0 Å². The Kier molecular flexibility index (Phi) is 3.40. The molecule has 3 rings (SSSR count). The Hall–Kier alpha value is -1.22. The number of thioether (sulfide) groups is 1. The summed E-state index contributed by atoms with van der Waals surface area (Å²) < 4.78 is 7.38. The monoisotopic (exact) mass is 282 g/mol. The first-order chi connectivity index (χ1) is 9.22. The van der Waals surface area contributed by atoms with Gasteiger partial charge >= 0.3 is 0 Å². The Labute approximate surface area is 113 Å². The molecule has 2 N–H and O–H groups in total. The third-order valence-electron chi connectivity index (χ3n) is 3.17. The van der Waals surface area contributed by atoms with Crippen molar-refractivity contribution in [3.05, 3.63) is 12.5 Å². The van der Waals surface area contributed by atoms with Crippen LogP contribution in [0.3, 0.4) is 0 Å². The minimum atomic E-state index is -0.672. The van der Waals surface area contributed by atoms with Crippen molar-refractivity contribution in [3.8, 4) is 0 Å². The minimum Gasteiger partial charge on any atom is -0.394 e. The lowest BCUT2D eigenvalue weighted by atomic mass is 10.2. The van der Waals surface area contributed by atoms with E-state index in [-0.39, 0.29) is 12.8 Å². The van der Waals surface area contributed by atoms with Crippen LogP contribution in [-0.4, -0.2) is 54.8 Å². The predicted octanol–water partition coefficient (Wildman–Crippen LogP) is 0.189. The highest BCUT2D eigenvalue weighted by Gasteiger charge is 2.35. The number of aliphatic hydroxyl groups is 2. The van der Waals surface area contributed by atoms with Gasteiger partial charge in [0, 0.05) is 6.42 Å². The van der Waals surface area contributed by atoms with Crippen LogP contribution in [0, 0.1) is 0 Å². The van der Waals surface area contributed by atoms with Gasteiger partial charge in [-0.3, -0.25) is 4.57 Å². The van der Waals surface area contributed by atoms with Gasteiger partial charge in [0.15, 0.2) is 10.8 Å². The molecule has 7 nitrogen and oxygen atoms in total. The van der Waals surface area contributed by atoms with Crippen LogP contribution in [0.15, 0.2) is 17.7 Å². The molecule has 1 aliphatic heterocycles. The van der Waals surface area contributed by atoms with Crippen LogP contribution in [-0.2, 0) is 4.74 Å². The fourth-order valence-corrected chi connectivity index (χ4v) is 2.51. The molecule has 2 aromatic heterocycles. The Bertz CT molecular complexity index is 590. The maximum absolute atomic E-state index is 9.78. The van der Waals surface area contributed by atoms with E-state index in [4.69, 9.17) is 9.84 Å². The van der Waals surface area contributed by atoms with E-state index in [1.165, 1.54) is 11.8 Å². The lowest BCUT2D eigenvalue weighted by Gasteiger charge is -2.13. The van der Waals surface area contributed by atoms with E-state index < -0.39 is 12.2 Å². The number of nitrogens with zero attached hydrogens (tertiary/aromatic N) is 4. The molecule has 3 atom stereocenters. The highest BCUT2D eigenvalue weighted by Crippen LogP contribution is 2.30. The van der Waals surface area contributed by atoms with Gasteiger partial charge in [-0.2, -0.15) is 0 Å². The zero-order valence-corrected chi connectivity index (χ0v) is 11.1. The third-order valence-corrected chi connectivity index (χ3v) is 3.73. The fraction of sp³-hybridized carbons (Fsp3) is 0.545. The topological polar surface area (TPSA) is 93.3 Å². The van der Waals surface area contributed by atoms with Gasteiger partial charge in [-0.05, 0) is 6.26 Å². The highest BCUT2D eigenvalue weighted by molar-refractivity contribution is 7.98. The third kappa shape index (κ3) is 2.20. The molecule has 0 spiro atoms. The summed E-state index contributed by atoms with van der Waals surface area (Å²) in [7, 11) is 0. The molecule has 1 aliphatic rings. The van der Waals surface area contributed by atoms with E-state index in [0.29, 0.717) is 22.7 Å². The number of hydrogen-bond acceptors (Lipinski definition) is 7. The quantitative estimate of drug-likeness (QED) is 0.613. The molecule has 0 saturated carbocycles. The van der Waals surface area contributed by atoms with E-state index in [1.54, 1.807) is 17.1 Å². The SMILES string of the molecule is CSc1ncc2ncn([C@@H]3C[C@@H](O)[C@H](CO)O3)c2n1. The summed E-state index contributed by atoms with van der Waals surface area (Å²) in [5.74, 6) is 0. The summed E-state index contributed by atoms with van der Waals surface area (Å²) >= 11 is 1.45. The molecule has 1 saturated heterocycles. The maximum atomic E-state index is 9.78. The zero-order valence-electron chi connectivity index (χ0n) is 10.3. The van der Waals surface area contributed by atoms with Crippen LogP contribution in [0.2, 0.25) is 0 Å². The molecule has 1 fully saturated rings. The number of hydrogen-bond donors (Lipinski definition) is 2. The number of rotatable bonds is 3. The Morgan fingerprint density at radius 1 is 1.53 bits per heavy atom. The van der Waals surface area contributed by atoms with Crippen LogP contribution >= 0.6 is 11.8 Å². The molecule has 19 heavy (non-hydrogen) atoms. The normalized spacial score (nSPS) is 27.2. The van der Waals surface area contributed by atoms with Gasteiger partial charge < -0.3 is 14.9 Å². The molecular weight excluding hydrogens is 268 g/mol. The van der Waals surface area contributed by atoms with Gasteiger partial charge in [-0.25, -0.2) is 15.0 Å². The molecule has 3 heterocycles. The lowest BCUT2D eigenvalue weighted by molar-refractivity contribution is -0.0432. The van der Waals surface area contributed by atoms with E-state index >= 15 is 0 Å². The largest absolute Gasteiger partial charge is 0.394 e. The standard InChI is InChI=1S/C11H14N4O3S/c1-19-11-12-3-6-10(14-11)15(5-13-6)9-2-7(17)8(4-16)18-9/h3,5,7-9,16-17H,2,4H2,1H3/t7-,8+,9+/m1/s1. The second-order valence-electron chi connectivity index (χ2n) is 4.33. The van der Waals surface area contributed by atoms with Crippen LogP contribution in [0.5, 0.6) is 0 Å². The van der Waals surface area contributed by atoms with Crippen LogP contribution in [0.4, 0.5) is 0 Å². The summed E-state index contributed by atoms with van der Waals surface area (Å²) in [4.78, 5) is 12.8. The average molecular weight is 282 g/mol. The van der Waals surface area contributed by atoms with Crippen molar-refractivity contribution in [3.63, 3.8) is 0 Å². The number of imidazole rings is 1. The van der Waals surface area contributed by atoms with Gasteiger partial charge in [0.05, 0.1) is 25.2 Å². The Balaban J connectivity index is 1.97. The number of aromatic nitrogens is 4. The van der Waals surface area contributed by atoms with Gasteiger partial charge in [0.2, 0.25) is 0 Å². The summed E-state index contributed by atoms with van der Waals surface area (Å²) in [6, 6.07) is 0. The molecule has 0 aliphatic carbocycles. The molecular formula is C11H14N4O3S. The van der Waals surface area contributed by atoms with Crippen molar-refractivity contribution < 1.29 is 14.9 Å². The van der Waals surface area contributed by atoms with Gasteiger partial charge in [0.1, 0.15) is 17.8 Å². The Morgan fingerprint density at radius 2 is 2.37 bits per heavy atom. The number of ether oxygens (including phenoxy) is 1. The van der Waals surface area contributed by atoms with E-state index in [1.807, 2.05) is 6.26 Å². The smallest absolute Gasteiger partial charge is 0.189 e. The van der Waals surface area contributed by atoms with Crippen molar-refractivity contribution in [2.45, 2.75) is 30.0 Å². The second-order valence-corrected chi connectivity index (χ2v) is 5.11. The van der Waals surface area contributed by atoms with E-state index in [9.17, 15) is 5.11 Å². The van der Waals surface area contributed by atoms with E-state index in [0.717, 1.165) is 0 Å². The molecule has 0 unspecified atom stereocenters. The summed E-state index contributed by atoms with van der Waals surface area (Å²) in [6.07, 6.45) is 4.02. The Morgan fingerprint density at radius 3 is 3.05 bits per heavy atom. The predicted molar refractivity (Wildman–Crippen MR) is 68.7 cm³/mol. The minimum absolute atomic E-state index is 0.199. The number of fused-ring (bicyclic) bond motifs is 1.